The van der Waals surface area contributed by atoms with Gasteiger partial charge in [-0.2, -0.15) is 5.10 Å². The molecule has 172 valence electrons. The summed E-state index contributed by atoms with van der Waals surface area (Å²) in [7, 11) is 4.15. The van der Waals surface area contributed by atoms with Gasteiger partial charge < -0.3 is 14.2 Å². The van der Waals surface area contributed by atoms with Crippen LogP contribution >= 0.6 is 11.8 Å². The molecule has 0 atom stereocenters. The zero-order valence-corrected chi connectivity index (χ0v) is 19.7. The van der Waals surface area contributed by atoms with Crippen molar-refractivity contribution in [2.24, 2.45) is 0 Å². The largest absolute Gasteiger partial charge is 0.497 e. The highest BCUT2D eigenvalue weighted by Crippen LogP contribution is 2.39. The molecule has 3 aromatic carbocycles. The molecule has 0 saturated heterocycles. The summed E-state index contributed by atoms with van der Waals surface area (Å²) in [5.41, 5.74) is 1.64. The van der Waals surface area contributed by atoms with Gasteiger partial charge in [-0.15, -0.1) is 0 Å². The maximum atomic E-state index is 12.9. The summed E-state index contributed by atoms with van der Waals surface area (Å²) in [6.45, 7) is 0. The van der Waals surface area contributed by atoms with Crippen molar-refractivity contribution in [3.63, 3.8) is 0 Å². The summed E-state index contributed by atoms with van der Waals surface area (Å²) in [5.74, 6) is -0.640. The van der Waals surface area contributed by atoms with Crippen molar-refractivity contribution in [2.45, 2.75) is 9.79 Å². The van der Waals surface area contributed by atoms with Crippen LogP contribution in [0.3, 0.4) is 0 Å². The van der Waals surface area contributed by atoms with Gasteiger partial charge in [0.25, 0.3) is 0 Å². The third-order valence-corrected chi connectivity index (χ3v) is 6.13. The second-order valence-electron chi connectivity index (χ2n) is 7.08. The molecule has 0 aliphatic rings. The highest BCUT2D eigenvalue weighted by Gasteiger charge is 2.32. The summed E-state index contributed by atoms with van der Waals surface area (Å²) >= 11 is 1.49. The molecular weight excluding hydrogens is 452 g/mol. The quantitative estimate of drug-likeness (QED) is 0.338. The van der Waals surface area contributed by atoms with E-state index >= 15 is 0 Å². The van der Waals surface area contributed by atoms with Gasteiger partial charge in [-0.25, -0.2) is 14.3 Å². The van der Waals surface area contributed by atoms with Crippen molar-refractivity contribution in [1.29, 1.82) is 0 Å². The fraction of sp³-hybridized carbons (Fsp3) is 0.115. The number of aromatic nitrogens is 2. The lowest BCUT2D eigenvalue weighted by Crippen LogP contribution is -2.15. The van der Waals surface area contributed by atoms with Gasteiger partial charge >= 0.3 is 11.9 Å². The number of esters is 2. The minimum Gasteiger partial charge on any atom is -0.497 e. The highest BCUT2D eigenvalue weighted by atomic mass is 32.2. The van der Waals surface area contributed by atoms with E-state index in [-0.39, 0.29) is 11.3 Å². The number of nitrogens with zero attached hydrogens (tertiary/aromatic N) is 2. The van der Waals surface area contributed by atoms with Crippen molar-refractivity contribution >= 4 is 23.7 Å². The van der Waals surface area contributed by atoms with Crippen LogP contribution in [-0.2, 0) is 9.47 Å². The molecule has 8 heteroatoms. The monoisotopic (exact) mass is 474 g/mol. The maximum Gasteiger partial charge on any atom is 0.357 e. The fourth-order valence-electron chi connectivity index (χ4n) is 3.49. The Hall–Kier alpha value is -4.04. The van der Waals surface area contributed by atoms with Crippen LogP contribution in [0.15, 0.2) is 88.7 Å². The Balaban J connectivity index is 1.94. The summed E-state index contributed by atoms with van der Waals surface area (Å²) in [4.78, 5) is 27.6. The van der Waals surface area contributed by atoms with E-state index in [9.17, 15) is 9.59 Å². The van der Waals surface area contributed by atoms with Crippen LogP contribution in [0.25, 0.3) is 16.9 Å². The number of methoxy groups -OCH3 is 3. The smallest absolute Gasteiger partial charge is 0.357 e. The van der Waals surface area contributed by atoms with Crippen LogP contribution in [-0.4, -0.2) is 43.0 Å². The standard InChI is InChI=1S/C26H22N2O5S/c1-31-18-12-9-13-19(16-18)34-21-15-8-7-14-20(21)23-22(25(29)32-2)24(26(30)33-3)28(27-23)17-10-5-4-6-11-17/h4-16H,1-3H3. The second kappa shape index (κ2) is 10.3. The van der Waals surface area contributed by atoms with Crippen molar-refractivity contribution < 1.29 is 23.8 Å². The third-order valence-electron chi connectivity index (χ3n) is 5.07. The summed E-state index contributed by atoms with van der Waals surface area (Å²) in [5, 5.41) is 4.70. The number of benzene rings is 3. The predicted molar refractivity (Wildman–Crippen MR) is 129 cm³/mol. The average molecular weight is 475 g/mol. The Kier molecular flexibility index (Phi) is 6.98. The molecular formula is C26H22N2O5S. The Morgan fingerprint density at radius 2 is 1.53 bits per heavy atom. The fourth-order valence-corrected chi connectivity index (χ4v) is 4.48. The first-order chi connectivity index (χ1) is 16.6. The van der Waals surface area contributed by atoms with E-state index in [0.717, 1.165) is 15.5 Å². The van der Waals surface area contributed by atoms with Crippen molar-refractivity contribution in [1.82, 2.24) is 9.78 Å². The Bertz CT molecular complexity index is 1330. The van der Waals surface area contributed by atoms with Crippen LogP contribution in [0.5, 0.6) is 5.75 Å². The summed E-state index contributed by atoms with van der Waals surface area (Å²) in [6, 6.07) is 24.3. The molecule has 0 aliphatic heterocycles. The molecule has 0 unspecified atom stereocenters. The van der Waals surface area contributed by atoms with Crippen LogP contribution in [0.4, 0.5) is 0 Å². The lowest BCUT2D eigenvalue weighted by atomic mass is 10.1. The van der Waals surface area contributed by atoms with Gasteiger partial charge in [0.1, 0.15) is 17.0 Å². The average Bonchev–Trinajstić information content (AvgIpc) is 3.29. The molecule has 0 spiro atoms. The number of hydrogen-bond donors (Lipinski definition) is 0. The highest BCUT2D eigenvalue weighted by molar-refractivity contribution is 7.99. The molecule has 0 bridgehead atoms. The van der Waals surface area contributed by atoms with Crippen LogP contribution in [0, 0.1) is 0 Å². The first kappa shape index (κ1) is 23.1. The van der Waals surface area contributed by atoms with E-state index in [0.29, 0.717) is 16.9 Å². The van der Waals surface area contributed by atoms with Crippen LogP contribution < -0.4 is 4.74 Å². The van der Waals surface area contributed by atoms with E-state index in [4.69, 9.17) is 19.3 Å². The van der Waals surface area contributed by atoms with E-state index in [1.54, 1.807) is 19.2 Å². The van der Waals surface area contributed by atoms with Crippen molar-refractivity contribution in [2.75, 3.05) is 21.3 Å². The molecule has 0 N–H and O–H groups in total. The Morgan fingerprint density at radius 1 is 0.824 bits per heavy atom. The van der Waals surface area contributed by atoms with Gasteiger partial charge in [-0.05, 0) is 36.4 Å². The molecule has 1 heterocycles. The Morgan fingerprint density at radius 3 is 2.24 bits per heavy atom. The van der Waals surface area contributed by atoms with Crippen LogP contribution in [0.2, 0.25) is 0 Å². The number of carbonyl (C=O) groups is 2. The van der Waals surface area contributed by atoms with Crippen molar-refractivity contribution in [3.8, 4) is 22.7 Å². The zero-order chi connectivity index (χ0) is 24.1. The second-order valence-corrected chi connectivity index (χ2v) is 8.20. The summed E-state index contributed by atoms with van der Waals surface area (Å²) in [6.07, 6.45) is 0. The lowest BCUT2D eigenvalue weighted by Gasteiger charge is -2.10. The molecule has 7 nitrogen and oxygen atoms in total. The minimum atomic E-state index is -0.694. The third kappa shape index (κ3) is 4.53. The van der Waals surface area contributed by atoms with Gasteiger partial charge in [-0.1, -0.05) is 54.2 Å². The molecule has 0 radical (unpaired) electrons. The first-order valence-corrected chi connectivity index (χ1v) is 11.2. The summed E-state index contributed by atoms with van der Waals surface area (Å²) < 4.78 is 16.8. The molecule has 1 aromatic heterocycles. The molecule has 4 aromatic rings. The van der Waals surface area contributed by atoms with Crippen molar-refractivity contribution in [3.05, 3.63) is 90.1 Å². The topological polar surface area (TPSA) is 79.7 Å². The zero-order valence-electron chi connectivity index (χ0n) is 18.8. The van der Waals surface area contributed by atoms with Gasteiger partial charge in [0, 0.05) is 15.4 Å². The Labute approximate surface area is 201 Å². The predicted octanol–water partition coefficient (Wildman–Crippen LogP) is 5.27. The molecule has 0 aliphatic carbocycles. The molecule has 0 amide bonds. The number of para-hydroxylation sites is 1. The molecule has 0 saturated carbocycles. The SMILES string of the molecule is COC(=O)c1c(-c2ccccc2Sc2cccc(OC)c2)nn(-c2ccccc2)c1C(=O)OC. The number of hydrogen-bond acceptors (Lipinski definition) is 7. The molecule has 4 rings (SSSR count). The lowest BCUT2D eigenvalue weighted by molar-refractivity contribution is 0.0549. The van der Waals surface area contributed by atoms with E-state index in [1.165, 1.54) is 30.7 Å². The van der Waals surface area contributed by atoms with E-state index < -0.39 is 11.9 Å². The normalized spacial score (nSPS) is 10.6. The van der Waals surface area contributed by atoms with Gasteiger partial charge in [0.15, 0.2) is 5.69 Å². The van der Waals surface area contributed by atoms with Gasteiger partial charge in [0.05, 0.1) is 27.0 Å². The van der Waals surface area contributed by atoms with E-state index in [1.807, 2.05) is 66.7 Å². The number of rotatable bonds is 7. The van der Waals surface area contributed by atoms with E-state index in [2.05, 4.69) is 0 Å². The number of ether oxygens (including phenoxy) is 3. The minimum absolute atomic E-state index is 0.00302. The van der Waals surface area contributed by atoms with Crippen LogP contribution in [0.1, 0.15) is 20.8 Å². The molecule has 34 heavy (non-hydrogen) atoms. The number of carbonyl (C=O) groups excluding carboxylic acids is 2. The van der Waals surface area contributed by atoms with Gasteiger partial charge in [0.2, 0.25) is 0 Å². The first-order valence-electron chi connectivity index (χ1n) is 10.3. The van der Waals surface area contributed by atoms with Gasteiger partial charge in [-0.3, -0.25) is 0 Å². The maximum absolute atomic E-state index is 12.9. The molecule has 0 fully saturated rings.